The molecule has 1 aliphatic rings. The molecule has 0 saturated carbocycles. The van der Waals surface area contributed by atoms with Crippen LogP contribution in [-0.2, 0) is 14.6 Å². The van der Waals surface area contributed by atoms with E-state index in [2.05, 4.69) is 41.7 Å². The van der Waals surface area contributed by atoms with Gasteiger partial charge in [-0.05, 0) is 13.3 Å². The number of hydrogen-bond donors (Lipinski definition) is 2. The molecule has 0 unspecified atom stereocenters. The lowest BCUT2D eigenvalue weighted by Gasteiger charge is -2.17. The Bertz CT molecular complexity index is 848. The highest BCUT2D eigenvalue weighted by atomic mass is 32.2. The van der Waals surface area contributed by atoms with Crippen LogP contribution in [0.3, 0.4) is 0 Å². The summed E-state index contributed by atoms with van der Waals surface area (Å²) < 4.78 is 23.1. The third kappa shape index (κ3) is 4.93. The molecule has 1 aliphatic heterocycles. The van der Waals surface area contributed by atoms with Gasteiger partial charge in [0.15, 0.2) is 16.4 Å². The number of nitrogens with one attached hydrogen (secondary N) is 1. The number of amides is 1. The van der Waals surface area contributed by atoms with Crippen molar-refractivity contribution >= 4 is 15.7 Å². The van der Waals surface area contributed by atoms with Crippen molar-refractivity contribution in [2.24, 2.45) is 0 Å². The monoisotopic (exact) mass is 373 g/mol. The number of rotatable bonds is 6. The zero-order valence-electron chi connectivity index (χ0n) is 14.9. The van der Waals surface area contributed by atoms with Gasteiger partial charge in [0.25, 0.3) is 5.91 Å². The lowest BCUT2D eigenvalue weighted by atomic mass is 9.98. The molecule has 0 spiro atoms. The number of hydrogen-bond acceptors (Lipinski definition) is 3. The number of sulfone groups is 1. The normalized spacial score (nSPS) is 19.8. The molecular weight excluding hydrogens is 348 g/mol. The van der Waals surface area contributed by atoms with Crippen LogP contribution >= 0.6 is 0 Å². The summed E-state index contributed by atoms with van der Waals surface area (Å²) in [4.78, 5) is 12.3. The Morgan fingerprint density at radius 2 is 1.77 bits per heavy atom. The van der Waals surface area contributed by atoms with Gasteiger partial charge in [-0.3, -0.25) is 4.79 Å². The smallest absolute Gasteiger partial charge is 0.275 e. The van der Waals surface area contributed by atoms with Crippen molar-refractivity contribution in [2.75, 3.05) is 18.1 Å². The topological polar surface area (TPSA) is 79.8 Å². The van der Waals surface area contributed by atoms with Gasteiger partial charge in [0.2, 0.25) is 0 Å². The third-order valence-electron chi connectivity index (χ3n) is 4.73. The molecule has 1 saturated heterocycles. The van der Waals surface area contributed by atoms with Crippen LogP contribution in [0.4, 0.5) is 0 Å². The fourth-order valence-corrected chi connectivity index (χ4v) is 4.99. The first-order chi connectivity index (χ1) is 12.4. The molecule has 1 heterocycles. The second-order valence-electron chi connectivity index (χ2n) is 6.91. The van der Waals surface area contributed by atoms with E-state index in [0.717, 1.165) is 11.1 Å². The summed E-state index contributed by atoms with van der Waals surface area (Å²) in [5, 5.41) is 4.85. The second-order valence-corrected chi connectivity index (χ2v) is 9.14. The molecule has 2 aromatic rings. The SMILES string of the molecule is Cc1ccc([C@H]([NH2+]CC(=O)N[C@H]2CCS(=O)(=O)C2)c2ccccc2)cc1. The van der Waals surface area contributed by atoms with Crippen molar-refractivity contribution in [3.8, 4) is 0 Å². The molecule has 138 valence electrons. The fourth-order valence-electron chi connectivity index (χ4n) is 3.32. The molecule has 0 aliphatic carbocycles. The zero-order valence-corrected chi connectivity index (χ0v) is 15.7. The second kappa shape index (κ2) is 8.01. The van der Waals surface area contributed by atoms with Gasteiger partial charge in [0.05, 0.1) is 11.5 Å². The van der Waals surface area contributed by atoms with Crippen molar-refractivity contribution in [1.29, 1.82) is 0 Å². The Morgan fingerprint density at radius 1 is 1.12 bits per heavy atom. The predicted octanol–water partition coefficient (Wildman–Crippen LogP) is 0.951. The van der Waals surface area contributed by atoms with Crippen LogP contribution in [0.2, 0.25) is 0 Å². The van der Waals surface area contributed by atoms with Gasteiger partial charge in [0, 0.05) is 17.2 Å². The molecule has 1 fully saturated rings. The molecule has 0 radical (unpaired) electrons. The van der Waals surface area contributed by atoms with E-state index in [9.17, 15) is 13.2 Å². The first-order valence-electron chi connectivity index (χ1n) is 8.87. The lowest BCUT2D eigenvalue weighted by Crippen LogP contribution is -2.88. The van der Waals surface area contributed by atoms with Gasteiger partial charge in [0.1, 0.15) is 6.04 Å². The highest BCUT2D eigenvalue weighted by Gasteiger charge is 2.29. The summed E-state index contributed by atoms with van der Waals surface area (Å²) in [6, 6.07) is 18.2. The van der Waals surface area contributed by atoms with Gasteiger partial charge < -0.3 is 10.6 Å². The van der Waals surface area contributed by atoms with E-state index < -0.39 is 9.84 Å². The minimum Gasteiger partial charge on any atom is -0.347 e. The molecular formula is C20H25N2O3S+. The number of benzene rings is 2. The summed E-state index contributed by atoms with van der Waals surface area (Å²) in [5.74, 6) is 0.0939. The van der Waals surface area contributed by atoms with Gasteiger partial charge >= 0.3 is 0 Å². The first kappa shape index (κ1) is 18.6. The maximum Gasteiger partial charge on any atom is 0.275 e. The third-order valence-corrected chi connectivity index (χ3v) is 6.50. The zero-order chi connectivity index (χ0) is 18.6. The Labute approximate surface area is 154 Å². The molecule has 6 heteroatoms. The number of carbonyl (C=O) groups excluding carboxylic acids is 1. The first-order valence-corrected chi connectivity index (χ1v) is 10.7. The molecule has 5 nitrogen and oxygen atoms in total. The minimum absolute atomic E-state index is 0.0230. The number of nitrogens with two attached hydrogens (primary N) is 1. The summed E-state index contributed by atoms with van der Waals surface area (Å²) >= 11 is 0. The highest BCUT2D eigenvalue weighted by molar-refractivity contribution is 7.91. The van der Waals surface area contributed by atoms with Gasteiger partial charge in [-0.15, -0.1) is 0 Å². The maximum atomic E-state index is 12.3. The lowest BCUT2D eigenvalue weighted by molar-refractivity contribution is -0.676. The standard InChI is InChI=1S/C20H24N2O3S/c1-15-7-9-17(10-8-15)20(16-5-3-2-4-6-16)21-13-19(23)22-18-11-12-26(24,25)14-18/h2-10,18,20-21H,11-14H2,1H3,(H,22,23)/p+1/t18-,20+/m0/s1. The van der Waals surface area contributed by atoms with Crippen molar-refractivity contribution in [3.05, 3.63) is 71.3 Å². The van der Waals surface area contributed by atoms with E-state index in [0.29, 0.717) is 6.42 Å². The molecule has 26 heavy (non-hydrogen) atoms. The number of aryl methyl sites for hydroxylation is 1. The highest BCUT2D eigenvalue weighted by Crippen LogP contribution is 2.18. The summed E-state index contributed by atoms with van der Waals surface area (Å²) in [5.41, 5.74) is 3.46. The molecule has 2 aromatic carbocycles. The van der Waals surface area contributed by atoms with E-state index in [1.807, 2.05) is 30.4 Å². The predicted molar refractivity (Wildman–Crippen MR) is 101 cm³/mol. The van der Waals surface area contributed by atoms with Gasteiger partial charge in [-0.25, -0.2) is 8.42 Å². The van der Waals surface area contributed by atoms with Crippen molar-refractivity contribution in [2.45, 2.75) is 25.4 Å². The quantitative estimate of drug-likeness (QED) is 0.791. The number of carbonyl (C=O) groups is 1. The Balaban J connectivity index is 1.66. The van der Waals surface area contributed by atoms with E-state index >= 15 is 0 Å². The van der Waals surface area contributed by atoms with Crippen molar-refractivity contribution in [3.63, 3.8) is 0 Å². The van der Waals surface area contributed by atoms with Gasteiger partial charge in [-0.2, -0.15) is 0 Å². The van der Waals surface area contributed by atoms with Crippen LogP contribution in [0, 0.1) is 6.92 Å². The van der Waals surface area contributed by atoms with Crippen LogP contribution in [0.25, 0.3) is 0 Å². The maximum absolute atomic E-state index is 12.3. The van der Waals surface area contributed by atoms with Crippen LogP contribution in [0.5, 0.6) is 0 Å². The van der Waals surface area contributed by atoms with Crippen LogP contribution in [0.15, 0.2) is 54.6 Å². The fraction of sp³-hybridized carbons (Fsp3) is 0.350. The summed E-state index contributed by atoms with van der Waals surface area (Å²) in [6.07, 6.45) is 0.508. The molecule has 2 atom stereocenters. The van der Waals surface area contributed by atoms with Crippen LogP contribution in [0.1, 0.15) is 29.2 Å². The number of quaternary nitrogens is 1. The van der Waals surface area contributed by atoms with E-state index in [4.69, 9.17) is 0 Å². The van der Waals surface area contributed by atoms with Crippen LogP contribution < -0.4 is 10.6 Å². The summed E-state index contributed by atoms with van der Waals surface area (Å²) in [6.45, 7) is 2.30. The average molecular weight is 373 g/mol. The molecule has 3 N–H and O–H groups in total. The molecule has 3 rings (SSSR count). The molecule has 1 amide bonds. The molecule has 0 aromatic heterocycles. The Morgan fingerprint density at radius 3 is 2.38 bits per heavy atom. The average Bonchev–Trinajstić information content (AvgIpc) is 2.96. The largest absolute Gasteiger partial charge is 0.347 e. The summed E-state index contributed by atoms with van der Waals surface area (Å²) in [7, 11) is -2.99. The minimum atomic E-state index is -2.99. The van der Waals surface area contributed by atoms with Crippen molar-refractivity contribution in [1.82, 2.24) is 5.32 Å². The Hall–Kier alpha value is -2.18. The van der Waals surface area contributed by atoms with Crippen LogP contribution in [-0.4, -0.2) is 38.4 Å². The van der Waals surface area contributed by atoms with Crippen molar-refractivity contribution < 1.29 is 18.5 Å². The van der Waals surface area contributed by atoms with Gasteiger partial charge in [-0.1, -0.05) is 60.2 Å². The van der Waals surface area contributed by atoms with E-state index in [-0.39, 0.29) is 36.0 Å². The van der Waals surface area contributed by atoms with E-state index in [1.54, 1.807) is 0 Å². The Kier molecular flexibility index (Phi) is 5.74. The molecule has 0 bridgehead atoms. The van der Waals surface area contributed by atoms with E-state index in [1.165, 1.54) is 5.56 Å².